The number of carbonyl (C=O) groups is 1. The lowest BCUT2D eigenvalue weighted by molar-refractivity contribution is -0.120. The zero-order valence-corrected chi connectivity index (χ0v) is 17.3. The van der Waals surface area contributed by atoms with Crippen LogP contribution in [0.3, 0.4) is 0 Å². The number of rotatable bonds is 5. The molecule has 0 unspecified atom stereocenters. The fourth-order valence-corrected chi connectivity index (χ4v) is 3.77. The lowest BCUT2D eigenvalue weighted by atomic mass is 9.97. The van der Waals surface area contributed by atoms with Crippen LogP contribution in [0, 0.1) is 12.8 Å². The zero-order valence-electron chi connectivity index (χ0n) is 17.3. The van der Waals surface area contributed by atoms with Gasteiger partial charge >= 0.3 is 0 Å². The van der Waals surface area contributed by atoms with Crippen LogP contribution in [0.4, 0.5) is 11.5 Å². The molecule has 1 amide bonds. The second kappa shape index (κ2) is 8.95. The summed E-state index contributed by atoms with van der Waals surface area (Å²) in [6.45, 7) is 3.58. The molecule has 4 rings (SSSR count). The maximum Gasteiger partial charge on any atom is 0.229 e. The van der Waals surface area contributed by atoms with Crippen molar-refractivity contribution in [2.45, 2.75) is 19.8 Å². The van der Waals surface area contributed by atoms with Gasteiger partial charge < -0.3 is 15.0 Å². The molecule has 0 bridgehead atoms. The Morgan fingerprint density at radius 1 is 1.10 bits per heavy atom. The third kappa shape index (κ3) is 4.59. The summed E-state index contributed by atoms with van der Waals surface area (Å²) in [6, 6.07) is 19.6. The van der Waals surface area contributed by atoms with Crippen LogP contribution in [0.2, 0.25) is 0 Å². The van der Waals surface area contributed by atoms with E-state index in [1.54, 1.807) is 7.11 Å². The Labute approximate surface area is 176 Å². The molecule has 0 spiro atoms. The van der Waals surface area contributed by atoms with E-state index in [1.165, 1.54) is 5.56 Å². The Morgan fingerprint density at radius 2 is 1.93 bits per heavy atom. The van der Waals surface area contributed by atoms with Gasteiger partial charge in [-0.25, -0.2) is 0 Å². The van der Waals surface area contributed by atoms with Crippen molar-refractivity contribution in [3.05, 3.63) is 66.2 Å². The van der Waals surface area contributed by atoms with Gasteiger partial charge in [-0.15, -0.1) is 10.2 Å². The van der Waals surface area contributed by atoms with E-state index < -0.39 is 0 Å². The predicted molar refractivity (Wildman–Crippen MR) is 119 cm³/mol. The first-order valence-corrected chi connectivity index (χ1v) is 10.2. The molecule has 1 N–H and O–H groups in total. The van der Waals surface area contributed by atoms with Crippen molar-refractivity contribution in [1.29, 1.82) is 0 Å². The molecule has 1 atom stereocenters. The first-order chi connectivity index (χ1) is 14.6. The van der Waals surface area contributed by atoms with E-state index in [1.807, 2.05) is 48.5 Å². The maximum atomic E-state index is 12.8. The summed E-state index contributed by atoms with van der Waals surface area (Å²) >= 11 is 0. The topological polar surface area (TPSA) is 67.3 Å². The van der Waals surface area contributed by atoms with Crippen LogP contribution in [0.25, 0.3) is 11.3 Å². The Kier molecular flexibility index (Phi) is 5.93. The number of piperidine rings is 1. The van der Waals surface area contributed by atoms with Gasteiger partial charge in [-0.2, -0.15) is 0 Å². The molecule has 0 saturated carbocycles. The van der Waals surface area contributed by atoms with Crippen molar-refractivity contribution in [2.24, 2.45) is 5.92 Å². The number of anilines is 2. The van der Waals surface area contributed by atoms with Gasteiger partial charge in [-0.1, -0.05) is 23.8 Å². The second-order valence-electron chi connectivity index (χ2n) is 7.65. The number of nitrogens with zero attached hydrogens (tertiary/aromatic N) is 3. The van der Waals surface area contributed by atoms with Gasteiger partial charge in [0.2, 0.25) is 5.91 Å². The van der Waals surface area contributed by atoms with Crippen LogP contribution < -0.4 is 15.0 Å². The number of amides is 1. The Hall–Kier alpha value is -3.41. The first kappa shape index (κ1) is 19.9. The van der Waals surface area contributed by atoms with E-state index in [0.29, 0.717) is 6.54 Å². The van der Waals surface area contributed by atoms with Crippen molar-refractivity contribution in [1.82, 2.24) is 10.2 Å². The minimum Gasteiger partial charge on any atom is -0.497 e. The average molecular weight is 402 g/mol. The first-order valence-electron chi connectivity index (χ1n) is 10.2. The number of aryl methyl sites for hydroxylation is 1. The fourth-order valence-electron chi connectivity index (χ4n) is 3.77. The normalized spacial score (nSPS) is 16.2. The van der Waals surface area contributed by atoms with E-state index >= 15 is 0 Å². The number of carbonyl (C=O) groups excluding carboxylic acids is 1. The zero-order chi connectivity index (χ0) is 20.9. The van der Waals surface area contributed by atoms with Crippen LogP contribution in [0.1, 0.15) is 18.4 Å². The maximum absolute atomic E-state index is 12.8. The summed E-state index contributed by atoms with van der Waals surface area (Å²) in [5.41, 5.74) is 3.89. The lowest BCUT2D eigenvalue weighted by Gasteiger charge is -2.32. The molecule has 0 radical (unpaired) electrons. The number of benzene rings is 2. The molecular formula is C24H26N4O2. The third-order valence-corrected chi connectivity index (χ3v) is 5.44. The molecule has 2 aromatic carbocycles. The summed E-state index contributed by atoms with van der Waals surface area (Å²) < 4.78 is 5.16. The van der Waals surface area contributed by atoms with Crippen molar-refractivity contribution in [2.75, 3.05) is 30.4 Å². The molecule has 2 heterocycles. The Bertz CT molecular complexity index is 1000. The van der Waals surface area contributed by atoms with E-state index in [4.69, 9.17) is 4.74 Å². The summed E-state index contributed by atoms with van der Waals surface area (Å²) in [6.07, 6.45) is 1.81. The number of nitrogens with one attached hydrogen (secondary N) is 1. The SMILES string of the molecule is COc1ccc(NC(=O)[C@@H]2CCCN(c3ccc(-c4cccc(C)c4)nn3)C2)cc1. The summed E-state index contributed by atoms with van der Waals surface area (Å²) in [5, 5.41) is 11.9. The fraction of sp³-hybridized carbons (Fsp3) is 0.292. The quantitative estimate of drug-likeness (QED) is 0.689. The Morgan fingerprint density at radius 3 is 2.63 bits per heavy atom. The largest absolute Gasteiger partial charge is 0.497 e. The molecule has 3 aromatic rings. The summed E-state index contributed by atoms with van der Waals surface area (Å²) in [5.74, 6) is 1.53. The molecule has 1 aromatic heterocycles. The highest BCUT2D eigenvalue weighted by molar-refractivity contribution is 5.93. The van der Waals surface area contributed by atoms with Crippen LogP contribution in [0.15, 0.2) is 60.7 Å². The van der Waals surface area contributed by atoms with E-state index in [-0.39, 0.29) is 11.8 Å². The van der Waals surface area contributed by atoms with Crippen molar-refractivity contribution >= 4 is 17.4 Å². The van der Waals surface area contributed by atoms with Crippen molar-refractivity contribution in [3.8, 4) is 17.0 Å². The molecule has 1 fully saturated rings. The average Bonchev–Trinajstić information content (AvgIpc) is 2.80. The third-order valence-electron chi connectivity index (χ3n) is 5.44. The van der Waals surface area contributed by atoms with Gasteiger partial charge in [0.05, 0.1) is 18.7 Å². The van der Waals surface area contributed by atoms with Crippen LogP contribution >= 0.6 is 0 Å². The van der Waals surface area contributed by atoms with E-state index in [9.17, 15) is 4.79 Å². The van der Waals surface area contributed by atoms with Crippen LogP contribution in [-0.2, 0) is 4.79 Å². The van der Waals surface area contributed by atoms with Gasteiger partial charge in [0.25, 0.3) is 0 Å². The van der Waals surface area contributed by atoms with Gasteiger partial charge in [0.15, 0.2) is 5.82 Å². The van der Waals surface area contributed by atoms with Gasteiger partial charge in [-0.3, -0.25) is 4.79 Å². The summed E-state index contributed by atoms with van der Waals surface area (Å²) in [7, 11) is 1.63. The van der Waals surface area contributed by atoms with Crippen molar-refractivity contribution < 1.29 is 9.53 Å². The number of aromatic nitrogens is 2. The Balaban J connectivity index is 1.41. The monoisotopic (exact) mass is 402 g/mol. The number of hydrogen-bond donors (Lipinski definition) is 1. The van der Waals surface area contributed by atoms with Crippen LogP contribution in [0.5, 0.6) is 5.75 Å². The highest BCUT2D eigenvalue weighted by Crippen LogP contribution is 2.25. The number of methoxy groups -OCH3 is 1. The minimum atomic E-state index is -0.0842. The van der Waals surface area contributed by atoms with Crippen molar-refractivity contribution in [3.63, 3.8) is 0 Å². The lowest BCUT2D eigenvalue weighted by Crippen LogP contribution is -2.41. The second-order valence-corrected chi connectivity index (χ2v) is 7.65. The highest BCUT2D eigenvalue weighted by atomic mass is 16.5. The number of hydrogen-bond acceptors (Lipinski definition) is 5. The highest BCUT2D eigenvalue weighted by Gasteiger charge is 2.27. The van der Waals surface area contributed by atoms with E-state index in [0.717, 1.165) is 47.9 Å². The molecule has 1 aliphatic rings. The molecule has 1 saturated heterocycles. The summed E-state index contributed by atoms with van der Waals surface area (Å²) in [4.78, 5) is 14.9. The van der Waals surface area contributed by atoms with Gasteiger partial charge in [0.1, 0.15) is 5.75 Å². The van der Waals surface area contributed by atoms with Gasteiger partial charge in [-0.05, 0) is 62.2 Å². The van der Waals surface area contributed by atoms with Crippen LogP contribution in [-0.4, -0.2) is 36.3 Å². The molecule has 6 heteroatoms. The predicted octanol–water partition coefficient (Wildman–Crippen LogP) is 4.32. The number of ether oxygens (including phenoxy) is 1. The van der Waals surface area contributed by atoms with Gasteiger partial charge in [0, 0.05) is 24.3 Å². The molecule has 1 aliphatic heterocycles. The standard InChI is InChI=1S/C24H26N4O2/c1-17-5-3-6-18(15-17)22-12-13-23(27-26-22)28-14-4-7-19(16-28)24(29)25-20-8-10-21(30-2)11-9-20/h3,5-6,8-13,15,19H,4,7,14,16H2,1-2H3,(H,25,29)/t19-/m1/s1. The smallest absolute Gasteiger partial charge is 0.229 e. The molecule has 154 valence electrons. The molecule has 30 heavy (non-hydrogen) atoms. The van der Waals surface area contributed by atoms with E-state index in [2.05, 4.69) is 39.5 Å². The molecule has 6 nitrogen and oxygen atoms in total. The minimum absolute atomic E-state index is 0.0363. The molecular weight excluding hydrogens is 376 g/mol. The molecule has 0 aliphatic carbocycles.